The van der Waals surface area contributed by atoms with E-state index in [9.17, 15) is 4.79 Å². The number of hydrogen-bond donors (Lipinski definition) is 2. The molecule has 1 aromatic carbocycles. The van der Waals surface area contributed by atoms with Crippen LogP contribution in [0.5, 0.6) is 0 Å². The monoisotopic (exact) mass is 250 g/mol. The first-order chi connectivity index (χ1) is 8.58. The molecular weight excluding hydrogens is 232 g/mol. The summed E-state index contributed by atoms with van der Waals surface area (Å²) in [7, 11) is 0. The van der Waals surface area contributed by atoms with Gasteiger partial charge in [0, 0.05) is 31.1 Å². The van der Waals surface area contributed by atoms with Crippen LogP contribution in [0.4, 0.5) is 11.4 Å². The Morgan fingerprint density at radius 2 is 2.33 bits per heavy atom. The lowest BCUT2D eigenvalue weighted by molar-refractivity contribution is 0.0698. The van der Waals surface area contributed by atoms with Crippen LogP contribution in [-0.2, 0) is 4.74 Å². The summed E-state index contributed by atoms with van der Waals surface area (Å²) in [6, 6.07) is 5.09. The molecule has 0 amide bonds. The molecule has 1 saturated heterocycles. The van der Waals surface area contributed by atoms with Gasteiger partial charge in [0.25, 0.3) is 0 Å². The summed E-state index contributed by atoms with van der Waals surface area (Å²) in [6.07, 6.45) is 1.14. The first-order valence-corrected chi connectivity index (χ1v) is 6.07. The van der Waals surface area contributed by atoms with Crippen molar-refractivity contribution in [3.05, 3.63) is 23.8 Å². The average Bonchev–Trinajstić information content (AvgIpc) is 2.53. The number of rotatable bonds is 2. The Morgan fingerprint density at radius 3 is 3.00 bits per heavy atom. The normalized spacial score (nSPS) is 20.5. The molecule has 3 N–H and O–H groups in total. The Hall–Kier alpha value is -1.75. The van der Waals surface area contributed by atoms with E-state index in [1.807, 2.05) is 6.92 Å². The molecule has 0 spiro atoms. The van der Waals surface area contributed by atoms with Crippen LogP contribution in [0, 0.1) is 0 Å². The first kappa shape index (κ1) is 12.7. The number of benzene rings is 1. The van der Waals surface area contributed by atoms with Gasteiger partial charge in [-0.1, -0.05) is 0 Å². The second-order valence-electron chi connectivity index (χ2n) is 4.56. The summed E-state index contributed by atoms with van der Waals surface area (Å²) in [5, 5.41) is 8.94. The van der Waals surface area contributed by atoms with Gasteiger partial charge < -0.3 is 20.5 Å². The number of carbonyl (C=O) groups is 1. The molecule has 0 radical (unpaired) electrons. The van der Waals surface area contributed by atoms with E-state index in [4.69, 9.17) is 15.6 Å². The van der Waals surface area contributed by atoms with Crippen LogP contribution >= 0.6 is 0 Å². The van der Waals surface area contributed by atoms with Crippen molar-refractivity contribution in [2.45, 2.75) is 19.4 Å². The smallest absolute Gasteiger partial charge is 0.337 e. The van der Waals surface area contributed by atoms with Crippen molar-refractivity contribution >= 4 is 17.3 Å². The highest BCUT2D eigenvalue weighted by Crippen LogP contribution is 2.23. The number of nitrogen functional groups attached to an aromatic ring is 1. The molecule has 0 bridgehead atoms. The molecule has 18 heavy (non-hydrogen) atoms. The number of hydrogen-bond acceptors (Lipinski definition) is 4. The number of nitrogens with zero attached hydrogens (tertiary/aromatic N) is 1. The molecular formula is C13H18N2O3. The lowest BCUT2D eigenvalue weighted by Gasteiger charge is -2.24. The second kappa shape index (κ2) is 5.27. The van der Waals surface area contributed by atoms with Crippen molar-refractivity contribution in [2.24, 2.45) is 0 Å². The van der Waals surface area contributed by atoms with Crippen LogP contribution in [0.15, 0.2) is 18.2 Å². The molecule has 1 atom stereocenters. The Bertz CT molecular complexity index is 448. The van der Waals surface area contributed by atoms with Crippen molar-refractivity contribution in [3.8, 4) is 0 Å². The number of anilines is 2. The molecule has 1 aliphatic heterocycles. The SMILES string of the molecule is CC1CN(c2ccc(C(=O)O)c(N)c2)CCCO1. The third-order valence-corrected chi connectivity index (χ3v) is 3.08. The van der Waals surface area contributed by atoms with E-state index in [1.165, 1.54) is 0 Å². The zero-order valence-electron chi connectivity index (χ0n) is 10.4. The van der Waals surface area contributed by atoms with Crippen LogP contribution in [0.25, 0.3) is 0 Å². The summed E-state index contributed by atoms with van der Waals surface area (Å²) in [5.41, 5.74) is 7.17. The molecule has 2 rings (SSSR count). The number of carboxylic acid groups (broad SMARTS) is 1. The average molecular weight is 250 g/mol. The van der Waals surface area contributed by atoms with Crippen LogP contribution in [0.2, 0.25) is 0 Å². The van der Waals surface area contributed by atoms with Gasteiger partial charge in [0.1, 0.15) is 0 Å². The van der Waals surface area contributed by atoms with E-state index in [0.717, 1.165) is 31.8 Å². The summed E-state index contributed by atoms with van der Waals surface area (Å²) in [4.78, 5) is 13.1. The highest BCUT2D eigenvalue weighted by Gasteiger charge is 2.17. The van der Waals surface area contributed by atoms with Crippen LogP contribution in [-0.4, -0.2) is 36.9 Å². The summed E-state index contributed by atoms with van der Waals surface area (Å²) in [5.74, 6) is -0.994. The topological polar surface area (TPSA) is 75.8 Å². The Kier molecular flexibility index (Phi) is 3.72. The Labute approximate surface area is 106 Å². The van der Waals surface area contributed by atoms with Crippen LogP contribution in [0.1, 0.15) is 23.7 Å². The molecule has 0 aliphatic carbocycles. The lowest BCUT2D eigenvalue weighted by Crippen LogP contribution is -2.30. The Morgan fingerprint density at radius 1 is 1.56 bits per heavy atom. The fourth-order valence-corrected chi connectivity index (χ4v) is 2.17. The maximum atomic E-state index is 10.9. The lowest BCUT2D eigenvalue weighted by atomic mass is 10.1. The zero-order chi connectivity index (χ0) is 13.1. The molecule has 1 heterocycles. The van der Waals surface area contributed by atoms with E-state index >= 15 is 0 Å². The van der Waals surface area contributed by atoms with Crippen molar-refractivity contribution in [3.63, 3.8) is 0 Å². The molecule has 1 aliphatic rings. The summed E-state index contributed by atoms with van der Waals surface area (Å²) < 4.78 is 5.58. The third kappa shape index (κ3) is 2.73. The molecule has 5 nitrogen and oxygen atoms in total. The summed E-state index contributed by atoms with van der Waals surface area (Å²) in [6.45, 7) is 4.50. The van der Waals surface area contributed by atoms with E-state index in [2.05, 4.69) is 4.90 Å². The van der Waals surface area contributed by atoms with Gasteiger partial charge in [-0.2, -0.15) is 0 Å². The van der Waals surface area contributed by atoms with Gasteiger partial charge in [-0.15, -0.1) is 0 Å². The highest BCUT2D eigenvalue weighted by atomic mass is 16.5. The predicted molar refractivity (Wildman–Crippen MR) is 70.1 cm³/mol. The van der Waals surface area contributed by atoms with Gasteiger partial charge in [-0.05, 0) is 31.5 Å². The van der Waals surface area contributed by atoms with E-state index in [1.54, 1.807) is 18.2 Å². The van der Waals surface area contributed by atoms with Gasteiger partial charge in [0.15, 0.2) is 0 Å². The van der Waals surface area contributed by atoms with Gasteiger partial charge in [-0.3, -0.25) is 0 Å². The van der Waals surface area contributed by atoms with Crippen molar-refractivity contribution < 1.29 is 14.6 Å². The predicted octanol–water partition coefficient (Wildman–Crippen LogP) is 1.58. The minimum Gasteiger partial charge on any atom is -0.478 e. The largest absolute Gasteiger partial charge is 0.478 e. The molecule has 1 unspecified atom stereocenters. The maximum Gasteiger partial charge on any atom is 0.337 e. The minimum absolute atomic E-state index is 0.151. The molecule has 0 aromatic heterocycles. The minimum atomic E-state index is -0.994. The van der Waals surface area contributed by atoms with Gasteiger partial charge in [-0.25, -0.2) is 4.79 Å². The molecule has 0 saturated carbocycles. The molecule has 98 valence electrons. The first-order valence-electron chi connectivity index (χ1n) is 6.07. The number of ether oxygens (including phenoxy) is 1. The van der Waals surface area contributed by atoms with Gasteiger partial charge in [0.05, 0.1) is 11.7 Å². The van der Waals surface area contributed by atoms with Crippen molar-refractivity contribution in [1.82, 2.24) is 0 Å². The van der Waals surface area contributed by atoms with Crippen LogP contribution in [0.3, 0.4) is 0 Å². The van der Waals surface area contributed by atoms with E-state index in [0.29, 0.717) is 5.69 Å². The summed E-state index contributed by atoms with van der Waals surface area (Å²) >= 11 is 0. The maximum absolute atomic E-state index is 10.9. The van der Waals surface area contributed by atoms with Crippen LogP contribution < -0.4 is 10.6 Å². The quantitative estimate of drug-likeness (QED) is 0.779. The fourth-order valence-electron chi connectivity index (χ4n) is 2.17. The molecule has 5 heteroatoms. The van der Waals surface area contributed by atoms with Crippen molar-refractivity contribution in [1.29, 1.82) is 0 Å². The highest BCUT2D eigenvalue weighted by molar-refractivity contribution is 5.94. The fraction of sp³-hybridized carbons (Fsp3) is 0.462. The second-order valence-corrected chi connectivity index (χ2v) is 4.56. The Balaban J connectivity index is 2.22. The molecule has 1 aromatic rings. The van der Waals surface area contributed by atoms with Gasteiger partial charge in [0.2, 0.25) is 0 Å². The number of nitrogens with two attached hydrogens (primary N) is 1. The van der Waals surface area contributed by atoms with E-state index < -0.39 is 5.97 Å². The number of carboxylic acids is 1. The standard InChI is InChI=1S/C13H18N2O3/c1-9-8-15(5-2-6-18-9)10-3-4-11(13(16)17)12(14)7-10/h3-4,7,9H,2,5-6,8,14H2,1H3,(H,16,17). The zero-order valence-corrected chi connectivity index (χ0v) is 10.4. The van der Waals surface area contributed by atoms with E-state index in [-0.39, 0.29) is 11.7 Å². The van der Waals surface area contributed by atoms with Crippen molar-refractivity contribution in [2.75, 3.05) is 30.3 Å². The number of aromatic carboxylic acids is 1. The van der Waals surface area contributed by atoms with Gasteiger partial charge >= 0.3 is 5.97 Å². The molecule has 1 fully saturated rings. The third-order valence-electron chi connectivity index (χ3n) is 3.08.